The lowest BCUT2D eigenvalue weighted by atomic mass is 9.55. The Morgan fingerprint density at radius 2 is 0.906 bits per heavy atom. The molecule has 6 rings (SSSR count). The third-order valence-corrected chi connectivity index (χ3v) is 11.0. The summed E-state index contributed by atoms with van der Waals surface area (Å²) in [4.78, 5) is 0. The first-order valence-electron chi connectivity index (χ1n) is 13.3. The van der Waals surface area contributed by atoms with E-state index in [1.54, 1.807) is 0 Å². The predicted octanol–water partition coefficient (Wildman–Crippen LogP) is 6.30. The quantitative estimate of drug-likeness (QED) is 0.436. The van der Waals surface area contributed by atoms with E-state index in [0.29, 0.717) is 12.2 Å². The first kappa shape index (κ1) is 23.6. The Morgan fingerprint density at radius 3 is 1.22 bits per heavy atom. The van der Waals surface area contributed by atoms with Gasteiger partial charge in [-0.25, -0.2) is 0 Å². The molecular formula is C28H48O4. The zero-order valence-corrected chi connectivity index (χ0v) is 22.3. The number of fused-ring (bicyclic) bond motifs is 2. The summed E-state index contributed by atoms with van der Waals surface area (Å²) in [5.41, 5.74) is 0.671. The first-order chi connectivity index (χ1) is 14.7. The van der Waals surface area contributed by atoms with Crippen LogP contribution in [0, 0.1) is 21.7 Å². The van der Waals surface area contributed by atoms with E-state index in [2.05, 4.69) is 69.2 Å². The molecule has 4 saturated heterocycles. The van der Waals surface area contributed by atoms with E-state index < -0.39 is 0 Å². The SMILES string of the molecule is C[C@@H]1O[C@@]23C(CCCC2(C)C)O[C@H]1C3(C)C.C[C@@H]1O[C@]23C(CCCC2(C)C)O[C@@H]1C3(C)C. The Morgan fingerprint density at radius 1 is 0.562 bits per heavy atom. The van der Waals surface area contributed by atoms with Gasteiger partial charge >= 0.3 is 0 Å². The third kappa shape index (κ3) is 2.49. The molecule has 184 valence electrons. The average Bonchev–Trinajstić information content (AvgIpc) is 3.20. The molecule has 0 N–H and O–H groups in total. The van der Waals surface area contributed by atoms with Crippen molar-refractivity contribution in [3.63, 3.8) is 0 Å². The summed E-state index contributed by atoms with van der Waals surface area (Å²) in [5, 5.41) is 0. The molecule has 0 radical (unpaired) electrons. The van der Waals surface area contributed by atoms with Gasteiger partial charge in [-0.05, 0) is 50.4 Å². The second-order valence-corrected chi connectivity index (χ2v) is 14.2. The third-order valence-electron chi connectivity index (χ3n) is 11.0. The van der Waals surface area contributed by atoms with Crippen molar-refractivity contribution in [1.29, 1.82) is 0 Å². The molecular weight excluding hydrogens is 400 g/mol. The Hall–Kier alpha value is -0.160. The fourth-order valence-electron chi connectivity index (χ4n) is 10.0. The molecule has 0 aromatic heterocycles. The highest BCUT2D eigenvalue weighted by molar-refractivity contribution is 5.23. The molecule has 0 aromatic carbocycles. The summed E-state index contributed by atoms with van der Waals surface area (Å²) in [6.07, 6.45) is 9.16. The lowest BCUT2D eigenvalue weighted by molar-refractivity contribution is -0.241. The molecule has 32 heavy (non-hydrogen) atoms. The highest BCUT2D eigenvalue weighted by Gasteiger charge is 2.76. The zero-order valence-electron chi connectivity index (χ0n) is 22.3. The van der Waals surface area contributed by atoms with Crippen LogP contribution in [-0.2, 0) is 18.9 Å². The van der Waals surface area contributed by atoms with E-state index >= 15 is 0 Å². The fourth-order valence-corrected chi connectivity index (χ4v) is 10.0. The van der Waals surface area contributed by atoms with E-state index in [0.717, 1.165) is 0 Å². The standard InChI is InChI=1S/2C14H24O2/c2*1-9-11-13(4,5)14(16-9)10(15-11)7-6-8-12(14,2)3/h2*9-11H,6-8H2,1-5H3/t9-,10?,11+,14-;9-,10?,11-,14+/m00/s1. The first-order valence-corrected chi connectivity index (χ1v) is 13.3. The maximum Gasteiger partial charge on any atom is 0.107 e. The number of rotatable bonds is 0. The van der Waals surface area contributed by atoms with Crippen LogP contribution in [0.25, 0.3) is 0 Å². The highest BCUT2D eigenvalue weighted by atomic mass is 16.6. The summed E-state index contributed by atoms with van der Waals surface area (Å²) in [6.45, 7) is 23.2. The van der Waals surface area contributed by atoms with Crippen molar-refractivity contribution >= 4 is 0 Å². The molecule has 4 heteroatoms. The molecule has 6 aliphatic rings. The normalized spacial score (nSPS) is 52.7. The summed E-state index contributed by atoms with van der Waals surface area (Å²) >= 11 is 0. The maximum absolute atomic E-state index is 6.46. The second kappa shape index (κ2) is 6.74. The van der Waals surface area contributed by atoms with Gasteiger partial charge in [0.25, 0.3) is 0 Å². The zero-order chi connectivity index (χ0) is 23.5. The van der Waals surface area contributed by atoms with E-state index in [9.17, 15) is 0 Å². The van der Waals surface area contributed by atoms with Crippen molar-refractivity contribution in [3.8, 4) is 0 Å². The molecule has 4 nitrogen and oxygen atoms in total. The van der Waals surface area contributed by atoms with E-state index in [1.807, 2.05) is 0 Å². The number of hydrogen-bond donors (Lipinski definition) is 0. The minimum atomic E-state index is -0.0532. The van der Waals surface area contributed by atoms with E-state index in [1.165, 1.54) is 38.5 Å². The molecule has 2 aliphatic carbocycles. The molecule has 8 atom stereocenters. The van der Waals surface area contributed by atoms with Gasteiger partial charge in [-0.15, -0.1) is 0 Å². The lowest BCUT2D eigenvalue weighted by Crippen LogP contribution is -2.61. The van der Waals surface area contributed by atoms with Crippen LogP contribution < -0.4 is 0 Å². The smallest absolute Gasteiger partial charge is 0.107 e. The van der Waals surface area contributed by atoms with Crippen LogP contribution in [0.3, 0.4) is 0 Å². The van der Waals surface area contributed by atoms with Gasteiger partial charge in [0.1, 0.15) is 11.2 Å². The summed E-state index contributed by atoms with van der Waals surface area (Å²) in [7, 11) is 0. The Kier molecular flexibility index (Phi) is 4.96. The topological polar surface area (TPSA) is 36.9 Å². The Bertz CT molecular complexity index is 705. The number of ether oxygens (including phenoxy) is 4. The fraction of sp³-hybridized carbons (Fsp3) is 1.00. The van der Waals surface area contributed by atoms with Crippen LogP contribution >= 0.6 is 0 Å². The van der Waals surface area contributed by atoms with Gasteiger partial charge in [0.05, 0.1) is 36.6 Å². The van der Waals surface area contributed by atoms with E-state index in [-0.39, 0.29) is 57.3 Å². The molecule has 4 aliphatic heterocycles. The molecule has 2 saturated carbocycles. The van der Waals surface area contributed by atoms with Gasteiger partial charge in [-0.3, -0.25) is 0 Å². The van der Waals surface area contributed by atoms with Gasteiger partial charge in [-0.1, -0.05) is 68.2 Å². The van der Waals surface area contributed by atoms with Crippen LogP contribution in [0.2, 0.25) is 0 Å². The Labute approximate surface area is 196 Å². The average molecular weight is 449 g/mol. The van der Waals surface area contributed by atoms with Crippen LogP contribution in [0.4, 0.5) is 0 Å². The van der Waals surface area contributed by atoms with E-state index in [4.69, 9.17) is 18.9 Å². The Balaban J connectivity index is 0.000000135. The van der Waals surface area contributed by atoms with Crippen LogP contribution in [0.15, 0.2) is 0 Å². The molecule has 6 fully saturated rings. The lowest BCUT2D eigenvalue weighted by Gasteiger charge is -2.54. The summed E-state index contributed by atoms with van der Waals surface area (Å²) in [5.74, 6) is 0. The van der Waals surface area contributed by atoms with Gasteiger partial charge in [-0.2, -0.15) is 0 Å². The molecule has 4 bridgehead atoms. The molecule has 4 heterocycles. The van der Waals surface area contributed by atoms with Gasteiger partial charge in [0, 0.05) is 10.8 Å². The minimum absolute atomic E-state index is 0.0532. The highest BCUT2D eigenvalue weighted by Crippen LogP contribution is 2.68. The monoisotopic (exact) mass is 448 g/mol. The van der Waals surface area contributed by atoms with Gasteiger partial charge in [0.2, 0.25) is 0 Å². The summed E-state index contributed by atoms with van der Waals surface area (Å²) in [6, 6.07) is 0. The molecule has 0 aromatic rings. The summed E-state index contributed by atoms with van der Waals surface area (Å²) < 4.78 is 25.5. The van der Waals surface area contributed by atoms with Gasteiger partial charge in [0.15, 0.2) is 0 Å². The van der Waals surface area contributed by atoms with Gasteiger partial charge < -0.3 is 18.9 Å². The second-order valence-electron chi connectivity index (χ2n) is 14.2. The van der Waals surface area contributed by atoms with Crippen molar-refractivity contribution < 1.29 is 18.9 Å². The maximum atomic E-state index is 6.46. The van der Waals surface area contributed by atoms with Crippen LogP contribution in [0.1, 0.15) is 108 Å². The predicted molar refractivity (Wildman–Crippen MR) is 127 cm³/mol. The van der Waals surface area contributed by atoms with Crippen molar-refractivity contribution in [1.82, 2.24) is 0 Å². The van der Waals surface area contributed by atoms with Crippen molar-refractivity contribution in [2.75, 3.05) is 0 Å². The molecule has 2 spiro atoms. The minimum Gasteiger partial charge on any atom is -0.369 e. The van der Waals surface area contributed by atoms with Crippen molar-refractivity contribution in [2.45, 2.75) is 156 Å². The molecule has 2 unspecified atom stereocenters. The largest absolute Gasteiger partial charge is 0.369 e. The van der Waals surface area contributed by atoms with Crippen molar-refractivity contribution in [3.05, 3.63) is 0 Å². The number of hydrogen-bond acceptors (Lipinski definition) is 4. The van der Waals surface area contributed by atoms with Crippen LogP contribution in [-0.4, -0.2) is 47.8 Å². The molecule has 0 amide bonds. The van der Waals surface area contributed by atoms with Crippen LogP contribution in [0.5, 0.6) is 0 Å². The van der Waals surface area contributed by atoms with Crippen molar-refractivity contribution in [2.24, 2.45) is 21.7 Å².